The number of halogens is 1. The van der Waals surface area contributed by atoms with Crippen LogP contribution in [0.4, 0.5) is 0 Å². The van der Waals surface area contributed by atoms with E-state index >= 15 is 0 Å². The van der Waals surface area contributed by atoms with Gasteiger partial charge in [-0.2, -0.15) is 0 Å². The van der Waals surface area contributed by atoms with Gasteiger partial charge in [-0.05, 0) is 12.1 Å². The summed E-state index contributed by atoms with van der Waals surface area (Å²) in [6.07, 6.45) is 1.38. The van der Waals surface area contributed by atoms with E-state index in [9.17, 15) is 0 Å². The summed E-state index contributed by atoms with van der Waals surface area (Å²) < 4.78 is 5.28. The van der Waals surface area contributed by atoms with Crippen molar-refractivity contribution in [3.63, 3.8) is 0 Å². The van der Waals surface area contributed by atoms with Gasteiger partial charge in [0.1, 0.15) is 5.52 Å². The molecule has 0 saturated carbocycles. The molecule has 3 aromatic rings. The predicted octanol–water partition coefficient (Wildman–Crippen LogP) is 3.03. The molecule has 0 spiro atoms. The number of aromatic nitrogens is 2. The van der Waals surface area contributed by atoms with E-state index in [-0.39, 0.29) is 0 Å². The van der Waals surface area contributed by atoms with Gasteiger partial charge in [0.15, 0.2) is 17.1 Å². The molecule has 0 saturated heterocycles. The number of para-hydroxylation sites is 1. The molecule has 0 atom stereocenters. The van der Waals surface area contributed by atoms with E-state index in [4.69, 9.17) is 16.0 Å². The average Bonchev–Trinajstić information content (AvgIpc) is 2.67. The first-order valence-corrected chi connectivity index (χ1v) is 4.51. The van der Waals surface area contributed by atoms with E-state index in [1.54, 1.807) is 0 Å². The first kappa shape index (κ1) is 7.76. The van der Waals surface area contributed by atoms with Crippen LogP contribution in [0.5, 0.6) is 0 Å². The molecule has 4 heteroatoms. The van der Waals surface area contributed by atoms with E-state index < -0.39 is 0 Å². The van der Waals surface area contributed by atoms with Crippen molar-refractivity contribution in [3.8, 4) is 0 Å². The van der Waals surface area contributed by atoms with Gasteiger partial charge in [0, 0.05) is 5.39 Å². The Balaban J connectivity index is 2.66. The number of rotatable bonds is 0. The van der Waals surface area contributed by atoms with Crippen LogP contribution in [0.25, 0.3) is 22.0 Å². The third-order valence-corrected chi connectivity index (χ3v) is 2.39. The fourth-order valence-corrected chi connectivity index (χ4v) is 1.73. The first-order chi connectivity index (χ1) is 6.86. The number of fused-ring (bicyclic) bond motifs is 3. The highest BCUT2D eigenvalue weighted by atomic mass is 35.5. The summed E-state index contributed by atoms with van der Waals surface area (Å²) in [4.78, 5) is 8.23. The van der Waals surface area contributed by atoms with Crippen molar-refractivity contribution in [3.05, 3.63) is 35.8 Å². The maximum atomic E-state index is 5.94. The summed E-state index contributed by atoms with van der Waals surface area (Å²) in [6.45, 7) is 0. The molecule has 0 aliphatic carbocycles. The molecule has 0 amide bonds. The van der Waals surface area contributed by atoms with Gasteiger partial charge in [-0.1, -0.05) is 23.7 Å². The zero-order valence-corrected chi connectivity index (χ0v) is 7.82. The molecule has 2 heterocycles. The van der Waals surface area contributed by atoms with Crippen LogP contribution in [-0.2, 0) is 0 Å². The number of pyridine rings is 1. The summed E-state index contributed by atoms with van der Waals surface area (Å²) in [5.41, 5.74) is 2.13. The van der Waals surface area contributed by atoms with Crippen LogP contribution in [0.15, 0.2) is 35.1 Å². The van der Waals surface area contributed by atoms with Gasteiger partial charge < -0.3 is 4.42 Å². The van der Waals surface area contributed by atoms with Crippen LogP contribution in [0.1, 0.15) is 0 Å². The van der Waals surface area contributed by atoms with Crippen LogP contribution in [-0.4, -0.2) is 9.97 Å². The highest BCUT2D eigenvalue weighted by Gasteiger charge is 2.09. The van der Waals surface area contributed by atoms with Crippen molar-refractivity contribution >= 4 is 33.6 Å². The van der Waals surface area contributed by atoms with Crippen molar-refractivity contribution < 1.29 is 4.42 Å². The van der Waals surface area contributed by atoms with Crippen LogP contribution >= 0.6 is 11.6 Å². The largest absolute Gasteiger partial charge is 0.443 e. The maximum absolute atomic E-state index is 5.94. The first-order valence-electron chi connectivity index (χ1n) is 4.14. The molecule has 1 aromatic carbocycles. The number of nitrogens with zero attached hydrogens (tertiary/aromatic N) is 2. The lowest BCUT2D eigenvalue weighted by atomic mass is 10.2. The minimum atomic E-state index is 0.382. The third kappa shape index (κ3) is 0.930. The quantitative estimate of drug-likeness (QED) is 0.529. The Morgan fingerprint density at radius 1 is 1.21 bits per heavy atom. The van der Waals surface area contributed by atoms with Gasteiger partial charge in [-0.15, -0.1) is 0 Å². The molecule has 0 bridgehead atoms. The standard InChI is InChI=1S/C10H5ClN2O/c11-10-8-9(14-5-12-8)6-3-1-2-4-7(6)13-10/h1-5H. The lowest BCUT2D eigenvalue weighted by Crippen LogP contribution is -1.81. The van der Waals surface area contributed by atoms with Crippen molar-refractivity contribution in [2.45, 2.75) is 0 Å². The molecule has 0 fully saturated rings. The van der Waals surface area contributed by atoms with Gasteiger partial charge in [0.25, 0.3) is 0 Å². The van der Waals surface area contributed by atoms with Gasteiger partial charge >= 0.3 is 0 Å². The van der Waals surface area contributed by atoms with E-state index in [2.05, 4.69) is 9.97 Å². The number of oxazole rings is 1. The summed E-state index contributed by atoms with van der Waals surface area (Å²) in [5, 5.41) is 1.32. The summed E-state index contributed by atoms with van der Waals surface area (Å²) >= 11 is 5.94. The van der Waals surface area contributed by atoms with Crippen LogP contribution < -0.4 is 0 Å². The monoisotopic (exact) mass is 204 g/mol. The minimum absolute atomic E-state index is 0.382. The predicted molar refractivity (Wildman–Crippen MR) is 54.3 cm³/mol. The molecule has 3 nitrogen and oxygen atoms in total. The molecule has 0 N–H and O–H groups in total. The maximum Gasteiger partial charge on any atom is 0.182 e. The Hall–Kier alpha value is -1.61. The van der Waals surface area contributed by atoms with Crippen molar-refractivity contribution in [1.82, 2.24) is 9.97 Å². The Bertz CT molecular complexity index is 618. The summed E-state index contributed by atoms with van der Waals surface area (Å²) in [6, 6.07) is 7.67. The summed E-state index contributed by atoms with van der Waals surface area (Å²) in [7, 11) is 0. The SMILES string of the molecule is Clc1nc2ccccc2c2ocnc12. The fraction of sp³-hybridized carbons (Fsp3) is 0. The van der Waals surface area contributed by atoms with Gasteiger partial charge in [-0.3, -0.25) is 0 Å². The van der Waals surface area contributed by atoms with Gasteiger partial charge in [0.2, 0.25) is 0 Å². The Morgan fingerprint density at radius 3 is 3.00 bits per heavy atom. The van der Waals surface area contributed by atoms with Crippen molar-refractivity contribution in [2.75, 3.05) is 0 Å². The number of hydrogen-bond donors (Lipinski definition) is 0. The fourth-order valence-electron chi connectivity index (χ4n) is 1.51. The Kier molecular flexibility index (Phi) is 1.49. The van der Waals surface area contributed by atoms with E-state index in [1.165, 1.54) is 6.39 Å². The van der Waals surface area contributed by atoms with Crippen LogP contribution in [0, 0.1) is 0 Å². The van der Waals surface area contributed by atoms with Crippen LogP contribution in [0.3, 0.4) is 0 Å². The highest BCUT2D eigenvalue weighted by Crippen LogP contribution is 2.27. The van der Waals surface area contributed by atoms with E-state index in [1.807, 2.05) is 24.3 Å². The molecular formula is C10H5ClN2O. The van der Waals surface area contributed by atoms with Crippen molar-refractivity contribution in [2.24, 2.45) is 0 Å². The molecule has 68 valence electrons. The molecule has 2 aromatic heterocycles. The molecule has 3 rings (SSSR count). The second-order valence-corrected chi connectivity index (χ2v) is 3.31. The lowest BCUT2D eigenvalue weighted by molar-refractivity contribution is 0.605. The molecule has 14 heavy (non-hydrogen) atoms. The topological polar surface area (TPSA) is 38.9 Å². The highest BCUT2D eigenvalue weighted by molar-refractivity contribution is 6.34. The second kappa shape index (κ2) is 2.69. The van der Waals surface area contributed by atoms with Gasteiger partial charge in [0.05, 0.1) is 5.52 Å². The zero-order valence-electron chi connectivity index (χ0n) is 7.07. The molecule has 0 radical (unpaired) electrons. The van der Waals surface area contributed by atoms with E-state index in [0.29, 0.717) is 16.3 Å². The second-order valence-electron chi connectivity index (χ2n) is 2.95. The number of hydrogen-bond acceptors (Lipinski definition) is 3. The average molecular weight is 205 g/mol. The lowest BCUT2D eigenvalue weighted by Gasteiger charge is -1.97. The Morgan fingerprint density at radius 2 is 2.07 bits per heavy atom. The van der Waals surface area contributed by atoms with E-state index in [0.717, 1.165) is 10.9 Å². The zero-order chi connectivity index (χ0) is 9.54. The molecule has 0 aliphatic heterocycles. The molecule has 0 aliphatic rings. The summed E-state index contributed by atoms with van der Waals surface area (Å²) in [5.74, 6) is 0. The van der Waals surface area contributed by atoms with Crippen molar-refractivity contribution in [1.29, 1.82) is 0 Å². The third-order valence-electron chi connectivity index (χ3n) is 2.13. The van der Waals surface area contributed by atoms with Gasteiger partial charge in [-0.25, -0.2) is 9.97 Å². The molecule has 0 unspecified atom stereocenters. The minimum Gasteiger partial charge on any atom is -0.443 e. The number of benzene rings is 1. The molecular weight excluding hydrogens is 200 g/mol. The Labute approximate surface area is 84.3 Å². The smallest absolute Gasteiger partial charge is 0.182 e. The normalized spacial score (nSPS) is 11.2. The van der Waals surface area contributed by atoms with Crippen LogP contribution in [0.2, 0.25) is 5.15 Å².